The van der Waals surface area contributed by atoms with E-state index >= 15 is 0 Å². The summed E-state index contributed by atoms with van der Waals surface area (Å²) in [5.41, 5.74) is 1.69. The molecule has 0 bridgehead atoms. The lowest BCUT2D eigenvalue weighted by Crippen LogP contribution is -2.39. The third-order valence-electron chi connectivity index (χ3n) is 3.20. The van der Waals surface area contributed by atoms with E-state index in [4.69, 9.17) is 0 Å². The smallest absolute Gasteiger partial charge is 0.235 e. The van der Waals surface area contributed by atoms with E-state index in [0.29, 0.717) is 6.54 Å². The molecule has 6 nitrogen and oxygen atoms in total. The Kier molecular flexibility index (Phi) is 5.84. The van der Waals surface area contributed by atoms with Crippen molar-refractivity contribution in [1.29, 1.82) is 0 Å². The number of hydrogen-bond donors (Lipinski definition) is 1. The van der Waals surface area contributed by atoms with Crippen LogP contribution in [0.25, 0.3) is 0 Å². The van der Waals surface area contributed by atoms with Crippen molar-refractivity contribution in [3.8, 4) is 0 Å². The molecule has 1 amide bonds. The maximum absolute atomic E-state index is 12.0. The number of benzene rings is 1. The minimum atomic E-state index is -3.50. The predicted octanol–water partition coefficient (Wildman–Crippen LogP) is 1.16. The second-order valence-electron chi connectivity index (χ2n) is 5.15. The molecule has 0 spiro atoms. The van der Waals surface area contributed by atoms with Gasteiger partial charge in [-0.1, -0.05) is 36.4 Å². The molecule has 0 saturated carbocycles. The van der Waals surface area contributed by atoms with Gasteiger partial charge in [0.05, 0.1) is 12.8 Å². The van der Waals surface area contributed by atoms with Crippen molar-refractivity contribution in [3.05, 3.63) is 66.0 Å². The fourth-order valence-electron chi connectivity index (χ4n) is 2.00. The predicted molar refractivity (Wildman–Crippen MR) is 87.8 cm³/mol. The highest BCUT2D eigenvalue weighted by Gasteiger charge is 2.20. The van der Waals surface area contributed by atoms with Crippen LogP contribution in [0.4, 0.5) is 0 Å². The van der Waals surface area contributed by atoms with E-state index in [0.717, 1.165) is 21.7 Å². The molecule has 2 rings (SSSR count). The monoisotopic (exact) mass is 333 g/mol. The van der Waals surface area contributed by atoms with Crippen LogP contribution < -0.4 is 5.32 Å². The zero-order valence-corrected chi connectivity index (χ0v) is 13.7. The van der Waals surface area contributed by atoms with Crippen LogP contribution in [-0.2, 0) is 27.9 Å². The number of carbonyl (C=O) groups is 1. The van der Waals surface area contributed by atoms with Gasteiger partial charge in [0.15, 0.2) is 0 Å². The van der Waals surface area contributed by atoms with Gasteiger partial charge in [0.1, 0.15) is 0 Å². The number of nitrogens with one attached hydrogen (secondary N) is 1. The Labute approximate surface area is 136 Å². The lowest BCUT2D eigenvalue weighted by atomic mass is 10.2. The molecular formula is C16H19N3O3S. The summed E-state index contributed by atoms with van der Waals surface area (Å²) in [5, 5.41) is 2.73. The third kappa shape index (κ3) is 5.80. The topological polar surface area (TPSA) is 79.4 Å². The van der Waals surface area contributed by atoms with Crippen molar-refractivity contribution >= 4 is 15.9 Å². The molecule has 0 radical (unpaired) electrons. The van der Waals surface area contributed by atoms with Crippen molar-refractivity contribution in [2.45, 2.75) is 13.1 Å². The van der Waals surface area contributed by atoms with E-state index in [1.165, 1.54) is 0 Å². The van der Waals surface area contributed by atoms with Crippen LogP contribution >= 0.6 is 0 Å². The van der Waals surface area contributed by atoms with Crippen LogP contribution in [0.1, 0.15) is 11.1 Å². The molecule has 1 aromatic carbocycles. The summed E-state index contributed by atoms with van der Waals surface area (Å²) in [6.45, 7) is 0.260. The number of aromatic nitrogens is 1. The standard InChI is InChI=1S/C16H19N3O3S/c1-23(21,22)19(12-15-8-5-9-17-10-15)13-16(20)18-11-14-6-3-2-4-7-14/h2-10H,11-13H2,1H3,(H,18,20). The van der Waals surface area contributed by atoms with Crippen LogP contribution in [0.15, 0.2) is 54.9 Å². The van der Waals surface area contributed by atoms with Crippen molar-refractivity contribution in [3.63, 3.8) is 0 Å². The van der Waals surface area contributed by atoms with Gasteiger partial charge in [-0.05, 0) is 17.2 Å². The molecule has 0 unspecified atom stereocenters. The van der Waals surface area contributed by atoms with Crippen molar-refractivity contribution in [2.24, 2.45) is 0 Å². The minimum Gasteiger partial charge on any atom is -0.351 e. The molecule has 1 N–H and O–H groups in total. The Bertz CT molecular complexity index is 734. The second kappa shape index (κ2) is 7.85. The van der Waals surface area contributed by atoms with Crippen molar-refractivity contribution < 1.29 is 13.2 Å². The van der Waals surface area contributed by atoms with Crippen molar-refractivity contribution in [2.75, 3.05) is 12.8 Å². The van der Waals surface area contributed by atoms with E-state index in [1.807, 2.05) is 30.3 Å². The minimum absolute atomic E-state index is 0.116. The van der Waals surface area contributed by atoms with Gasteiger partial charge in [-0.2, -0.15) is 4.31 Å². The molecule has 2 aromatic rings. The van der Waals surface area contributed by atoms with E-state index < -0.39 is 10.0 Å². The van der Waals surface area contributed by atoms with E-state index in [9.17, 15) is 13.2 Å². The maximum atomic E-state index is 12.0. The van der Waals surface area contributed by atoms with Crippen LogP contribution in [-0.4, -0.2) is 36.4 Å². The molecule has 1 aromatic heterocycles. The number of sulfonamides is 1. The van der Waals surface area contributed by atoms with Crippen LogP contribution in [0.2, 0.25) is 0 Å². The quantitative estimate of drug-likeness (QED) is 0.824. The van der Waals surface area contributed by atoms with Gasteiger partial charge in [0.25, 0.3) is 0 Å². The second-order valence-corrected chi connectivity index (χ2v) is 7.14. The number of pyridine rings is 1. The molecule has 0 aliphatic heterocycles. The Morgan fingerprint density at radius 1 is 1.13 bits per heavy atom. The number of hydrogen-bond acceptors (Lipinski definition) is 4. The third-order valence-corrected chi connectivity index (χ3v) is 4.40. The molecule has 0 aliphatic rings. The van der Waals surface area contributed by atoms with E-state index in [2.05, 4.69) is 10.3 Å². The first-order chi connectivity index (χ1) is 10.9. The molecule has 122 valence electrons. The fourth-order valence-corrected chi connectivity index (χ4v) is 2.73. The molecule has 0 atom stereocenters. The molecule has 23 heavy (non-hydrogen) atoms. The summed E-state index contributed by atoms with van der Waals surface area (Å²) in [6, 6.07) is 12.9. The summed E-state index contributed by atoms with van der Waals surface area (Å²) in [7, 11) is -3.50. The van der Waals surface area contributed by atoms with Crippen LogP contribution in [0.5, 0.6) is 0 Å². The summed E-state index contributed by atoms with van der Waals surface area (Å²) in [5.74, 6) is -0.344. The van der Waals surface area contributed by atoms with Gasteiger partial charge in [0.2, 0.25) is 15.9 Å². The highest BCUT2D eigenvalue weighted by atomic mass is 32.2. The average molecular weight is 333 g/mol. The molecule has 1 heterocycles. The van der Waals surface area contributed by atoms with Gasteiger partial charge in [-0.15, -0.1) is 0 Å². The van der Waals surface area contributed by atoms with E-state index in [-0.39, 0.29) is 19.0 Å². The largest absolute Gasteiger partial charge is 0.351 e. The molecular weight excluding hydrogens is 314 g/mol. The fraction of sp³-hybridized carbons (Fsp3) is 0.250. The van der Waals surface area contributed by atoms with E-state index in [1.54, 1.807) is 24.5 Å². The zero-order valence-electron chi connectivity index (χ0n) is 12.8. The molecule has 0 aliphatic carbocycles. The summed E-state index contributed by atoms with van der Waals surface area (Å²) >= 11 is 0. The Balaban J connectivity index is 1.96. The first kappa shape index (κ1) is 17.1. The molecule has 0 fully saturated rings. The van der Waals surface area contributed by atoms with Gasteiger partial charge in [0, 0.05) is 25.5 Å². The normalized spacial score (nSPS) is 11.4. The number of rotatable bonds is 7. The number of carbonyl (C=O) groups excluding carboxylic acids is 1. The Hall–Kier alpha value is -2.25. The first-order valence-electron chi connectivity index (χ1n) is 7.10. The van der Waals surface area contributed by atoms with Crippen LogP contribution in [0, 0.1) is 0 Å². The lowest BCUT2D eigenvalue weighted by molar-refractivity contribution is -0.121. The van der Waals surface area contributed by atoms with Gasteiger partial charge in [-0.25, -0.2) is 8.42 Å². The number of nitrogens with zero attached hydrogens (tertiary/aromatic N) is 2. The highest BCUT2D eigenvalue weighted by molar-refractivity contribution is 7.88. The summed E-state index contributed by atoms with van der Waals surface area (Å²) < 4.78 is 24.9. The Morgan fingerprint density at radius 3 is 2.43 bits per heavy atom. The first-order valence-corrected chi connectivity index (χ1v) is 8.94. The molecule has 0 saturated heterocycles. The average Bonchev–Trinajstić information content (AvgIpc) is 2.53. The SMILES string of the molecule is CS(=O)(=O)N(CC(=O)NCc1ccccc1)Cc1cccnc1. The van der Waals surface area contributed by atoms with Gasteiger partial charge in [-0.3, -0.25) is 9.78 Å². The lowest BCUT2D eigenvalue weighted by Gasteiger charge is -2.19. The van der Waals surface area contributed by atoms with Crippen LogP contribution in [0.3, 0.4) is 0 Å². The number of amides is 1. The van der Waals surface area contributed by atoms with Gasteiger partial charge < -0.3 is 5.32 Å². The summed E-state index contributed by atoms with van der Waals surface area (Å²) in [4.78, 5) is 16.0. The molecule has 7 heteroatoms. The highest BCUT2D eigenvalue weighted by Crippen LogP contribution is 2.07. The van der Waals surface area contributed by atoms with Gasteiger partial charge >= 0.3 is 0 Å². The van der Waals surface area contributed by atoms with Crippen molar-refractivity contribution in [1.82, 2.24) is 14.6 Å². The Morgan fingerprint density at radius 2 is 1.83 bits per heavy atom. The summed E-state index contributed by atoms with van der Waals surface area (Å²) in [6.07, 6.45) is 4.29. The maximum Gasteiger partial charge on any atom is 0.235 e. The zero-order chi connectivity index (χ0) is 16.7.